The Bertz CT molecular complexity index is 553. The third-order valence-corrected chi connectivity index (χ3v) is 2.95. The molecule has 2 heterocycles. The van der Waals surface area contributed by atoms with E-state index in [1.807, 2.05) is 18.2 Å². The number of nitrogens with two attached hydrogens (primary N) is 1. The first-order valence-electron chi connectivity index (χ1n) is 5.48. The molecule has 2 aromatic rings. The topological polar surface area (TPSA) is 66.7 Å². The molecule has 82 valence electrons. The minimum atomic E-state index is 0.766. The van der Waals surface area contributed by atoms with Gasteiger partial charge in [-0.1, -0.05) is 6.08 Å². The molecule has 0 amide bonds. The third kappa shape index (κ3) is 1.47. The van der Waals surface area contributed by atoms with Gasteiger partial charge in [-0.3, -0.25) is 5.10 Å². The van der Waals surface area contributed by atoms with Crippen molar-refractivity contribution in [2.75, 3.05) is 18.8 Å². The summed E-state index contributed by atoms with van der Waals surface area (Å²) in [5.74, 6) is 0. The molecule has 0 saturated carbocycles. The van der Waals surface area contributed by atoms with Gasteiger partial charge in [0.05, 0.1) is 11.2 Å². The second-order valence-corrected chi connectivity index (χ2v) is 4.06. The standard InChI is InChI=1S/C12H14N4/c13-9-1-2-10-11(7-9)15-16-12(10)8-3-5-14-6-4-8/h1-3,7,14H,4-6,13H2,(H,15,16). The summed E-state index contributed by atoms with van der Waals surface area (Å²) in [5, 5.41) is 11.9. The highest BCUT2D eigenvalue weighted by Crippen LogP contribution is 2.26. The minimum Gasteiger partial charge on any atom is -0.399 e. The minimum absolute atomic E-state index is 0.766. The van der Waals surface area contributed by atoms with E-state index >= 15 is 0 Å². The molecule has 0 unspecified atom stereocenters. The Balaban J connectivity index is 2.13. The Hall–Kier alpha value is -1.81. The number of nitrogen functional groups attached to an aromatic ring is 1. The Morgan fingerprint density at radius 1 is 1.31 bits per heavy atom. The number of nitrogens with one attached hydrogen (secondary N) is 2. The van der Waals surface area contributed by atoms with Gasteiger partial charge in [0.25, 0.3) is 0 Å². The van der Waals surface area contributed by atoms with Gasteiger partial charge in [-0.25, -0.2) is 0 Å². The molecule has 4 nitrogen and oxygen atoms in total. The molecule has 0 aliphatic carbocycles. The largest absolute Gasteiger partial charge is 0.399 e. The molecule has 1 aromatic carbocycles. The molecular formula is C12H14N4. The number of aromatic amines is 1. The normalized spacial score (nSPS) is 16.4. The number of hydrogen-bond donors (Lipinski definition) is 3. The molecule has 16 heavy (non-hydrogen) atoms. The summed E-state index contributed by atoms with van der Waals surface area (Å²) in [6.07, 6.45) is 3.24. The van der Waals surface area contributed by atoms with Crippen molar-refractivity contribution in [1.82, 2.24) is 15.5 Å². The number of rotatable bonds is 1. The monoisotopic (exact) mass is 214 g/mol. The van der Waals surface area contributed by atoms with E-state index in [4.69, 9.17) is 5.73 Å². The molecule has 0 spiro atoms. The van der Waals surface area contributed by atoms with E-state index in [-0.39, 0.29) is 0 Å². The highest BCUT2D eigenvalue weighted by molar-refractivity contribution is 5.92. The summed E-state index contributed by atoms with van der Waals surface area (Å²) in [4.78, 5) is 0. The Morgan fingerprint density at radius 2 is 2.25 bits per heavy atom. The zero-order chi connectivity index (χ0) is 11.0. The number of H-pyrrole nitrogens is 1. The van der Waals surface area contributed by atoms with Crippen molar-refractivity contribution in [2.45, 2.75) is 6.42 Å². The van der Waals surface area contributed by atoms with E-state index in [2.05, 4.69) is 21.6 Å². The first-order chi connectivity index (χ1) is 7.84. The van der Waals surface area contributed by atoms with E-state index < -0.39 is 0 Å². The lowest BCUT2D eigenvalue weighted by atomic mass is 10.0. The maximum atomic E-state index is 5.74. The Labute approximate surface area is 93.5 Å². The molecule has 4 N–H and O–H groups in total. The van der Waals surface area contributed by atoms with Crippen molar-refractivity contribution in [3.05, 3.63) is 30.0 Å². The van der Waals surface area contributed by atoms with Gasteiger partial charge in [0.15, 0.2) is 0 Å². The maximum absolute atomic E-state index is 5.74. The van der Waals surface area contributed by atoms with Crippen molar-refractivity contribution in [3.8, 4) is 0 Å². The van der Waals surface area contributed by atoms with Crippen LogP contribution in [0.4, 0.5) is 5.69 Å². The van der Waals surface area contributed by atoms with Crippen LogP contribution in [0, 0.1) is 0 Å². The lowest BCUT2D eigenvalue weighted by molar-refractivity contribution is 0.737. The van der Waals surface area contributed by atoms with Crippen LogP contribution in [-0.4, -0.2) is 23.3 Å². The summed E-state index contributed by atoms with van der Waals surface area (Å²) >= 11 is 0. The second-order valence-electron chi connectivity index (χ2n) is 4.06. The van der Waals surface area contributed by atoms with E-state index in [9.17, 15) is 0 Å². The number of fused-ring (bicyclic) bond motifs is 1. The van der Waals surface area contributed by atoms with Crippen LogP contribution in [0.25, 0.3) is 16.5 Å². The molecule has 1 aromatic heterocycles. The maximum Gasteiger partial charge on any atom is 0.0956 e. The quantitative estimate of drug-likeness (QED) is 0.630. The van der Waals surface area contributed by atoms with Gasteiger partial charge < -0.3 is 11.1 Å². The Kier molecular flexibility index (Phi) is 2.15. The first-order valence-corrected chi connectivity index (χ1v) is 5.48. The Morgan fingerprint density at radius 3 is 3.06 bits per heavy atom. The molecule has 4 heteroatoms. The number of benzene rings is 1. The molecule has 0 saturated heterocycles. The first kappa shape index (κ1) is 9.42. The average Bonchev–Trinajstić information content (AvgIpc) is 2.73. The van der Waals surface area contributed by atoms with Crippen molar-refractivity contribution in [3.63, 3.8) is 0 Å². The fourth-order valence-corrected chi connectivity index (χ4v) is 2.12. The highest BCUT2D eigenvalue weighted by Gasteiger charge is 2.12. The van der Waals surface area contributed by atoms with Gasteiger partial charge in [0.2, 0.25) is 0 Å². The van der Waals surface area contributed by atoms with Crippen LogP contribution in [0.1, 0.15) is 12.1 Å². The molecular weight excluding hydrogens is 200 g/mol. The smallest absolute Gasteiger partial charge is 0.0956 e. The van der Waals surface area contributed by atoms with E-state index in [0.717, 1.165) is 41.8 Å². The van der Waals surface area contributed by atoms with Crippen LogP contribution in [0.2, 0.25) is 0 Å². The lowest BCUT2D eigenvalue weighted by Gasteiger charge is -2.12. The number of nitrogens with zero attached hydrogens (tertiary/aromatic N) is 1. The number of hydrogen-bond acceptors (Lipinski definition) is 3. The van der Waals surface area contributed by atoms with E-state index in [1.54, 1.807) is 0 Å². The fraction of sp³-hybridized carbons (Fsp3) is 0.250. The van der Waals surface area contributed by atoms with Gasteiger partial charge >= 0.3 is 0 Å². The second kappa shape index (κ2) is 3.64. The molecule has 3 rings (SSSR count). The molecule has 0 atom stereocenters. The van der Waals surface area contributed by atoms with Crippen molar-refractivity contribution in [2.24, 2.45) is 0 Å². The molecule has 1 aliphatic heterocycles. The van der Waals surface area contributed by atoms with Crippen molar-refractivity contribution < 1.29 is 0 Å². The summed E-state index contributed by atoms with van der Waals surface area (Å²) in [7, 11) is 0. The van der Waals surface area contributed by atoms with Crippen LogP contribution in [-0.2, 0) is 0 Å². The van der Waals surface area contributed by atoms with Crippen LogP contribution in [0.3, 0.4) is 0 Å². The van der Waals surface area contributed by atoms with E-state index in [0.29, 0.717) is 0 Å². The summed E-state index contributed by atoms with van der Waals surface area (Å²) in [6.45, 7) is 1.95. The SMILES string of the molecule is Nc1ccc2c(C3=CCNCC3)n[nH]c2c1. The van der Waals surface area contributed by atoms with E-state index in [1.165, 1.54) is 5.57 Å². The van der Waals surface area contributed by atoms with Gasteiger partial charge in [-0.15, -0.1) is 0 Å². The summed E-state index contributed by atoms with van der Waals surface area (Å²) < 4.78 is 0. The molecule has 1 aliphatic rings. The van der Waals surface area contributed by atoms with Crippen LogP contribution >= 0.6 is 0 Å². The predicted octanol–water partition coefficient (Wildman–Crippen LogP) is 1.52. The predicted molar refractivity (Wildman–Crippen MR) is 66.0 cm³/mol. The van der Waals surface area contributed by atoms with Crippen molar-refractivity contribution >= 4 is 22.2 Å². The lowest BCUT2D eigenvalue weighted by Crippen LogP contribution is -2.20. The summed E-state index contributed by atoms with van der Waals surface area (Å²) in [6, 6.07) is 5.88. The van der Waals surface area contributed by atoms with Gasteiger partial charge in [-0.05, 0) is 36.7 Å². The number of anilines is 1. The van der Waals surface area contributed by atoms with Gasteiger partial charge in [0, 0.05) is 17.6 Å². The molecule has 0 fully saturated rings. The average molecular weight is 214 g/mol. The van der Waals surface area contributed by atoms with Crippen molar-refractivity contribution in [1.29, 1.82) is 0 Å². The molecule has 0 bridgehead atoms. The molecule has 0 radical (unpaired) electrons. The third-order valence-electron chi connectivity index (χ3n) is 2.95. The van der Waals surface area contributed by atoms with Crippen LogP contribution in [0.5, 0.6) is 0 Å². The summed E-state index contributed by atoms with van der Waals surface area (Å²) in [5.41, 5.74) is 9.89. The fourth-order valence-electron chi connectivity index (χ4n) is 2.12. The van der Waals surface area contributed by atoms with Crippen LogP contribution < -0.4 is 11.1 Å². The highest BCUT2D eigenvalue weighted by atomic mass is 15.1. The van der Waals surface area contributed by atoms with Gasteiger partial charge in [0.1, 0.15) is 0 Å². The zero-order valence-corrected chi connectivity index (χ0v) is 8.96. The number of aromatic nitrogens is 2. The zero-order valence-electron chi connectivity index (χ0n) is 8.96. The van der Waals surface area contributed by atoms with Crippen LogP contribution in [0.15, 0.2) is 24.3 Å². The van der Waals surface area contributed by atoms with Gasteiger partial charge in [-0.2, -0.15) is 5.10 Å².